The van der Waals surface area contributed by atoms with E-state index in [0.29, 0.717) is 22.4 Å². The second-order valence-corrected chi connectivity index (χ2v) is 5.17. The normalized spacial score (nSPS) is 11.0. The summed E-state index contributed by atoms with van der Waals surface area (Å²) >= 11 is 0. The van der Waals surface area contributed by atoms with Gasteiger partial charge in [-0.3, -0.25) is 9.59 Å². The minimum atomic E-state index is -0.330. The van der Waals surface area contributed by atoms with Crippen molar-refractivity contribution in [2.75, 3.05) is 5.32 Å². The molecule has 0 aliphatic heterocycles. The van der Waals surface area contributed by atoms with E-state index < -0.39 is 0 Å². The van der Waals surface area contributed by atoms with E-state index in [0.717, 1.165) is 0 Å². The average molecular weight is 320 g/mol. The van der Waals surface area contributed by atoms with Crippen LogP contribution in [0.4, 0.5) is 5.82 Å². The van der Waals surface area contributed by atoms with Crippen LogP contribution in [-0.4, -0.2) is 30.1 Å². The Labute approximate surface area is 135 Å². The average Bonchev–Trinajstić information content (AvgIpc) is 3.07. The van der Waals surface area contributed by atoms with Crippen molar-refractivity contribution in [2.24, 2.45) is 0 Å². The van der Waals surface area contributed by atoms with Crippen molar-refractivity contribution in [3.8, 4) is 0 Å². The van der Waals surface area contributed by atoms with Crippen LogP contribution in [0.15, 0.2) is 59.9 Å². The van der Waals surface area contributed by atoms with Crippen LogP contribution in [0.2, 0.25) is 0 Å². The second kappa shape index (κ2) is 5.58. The zero-order chi connectivity index (χ0) is 16.5. The maximum absolute atomic E-state index is 12.6. The van der Waals surface area contributed by atoms with E-state index in [1.165, 1.54) is 10.8 Å². The highest BCUT2D eigenvalue weighted by atomic mass is 16.2. The Hall–Kier alpha value is -3.55. The molecule has 0 unspecified atom stereocenters. The van der Waals surface area contributed by atoms with Gasteiger partial charge in [0.25, 0.3) is 5.56 Å². The first-order valence-corrected chi connectivity index (χ1v) is 7.25. The molecular weight excluding hydrogens is 308 g/mol. The molecule has 0 aliphatic rings. The Morgan fingerprint density at radius 2 is 2.04 bits per heavy atom. The Morgan fingerprint density at radius 3 is 2.88 bits per heavy atom. The topological polar surface area (TPSA) is 94.2 Å². The number of amides is 1. The van der Waals surface area contributed by atoms with E-state index >= 15 is 0 Å². The van der Waals surface area contributed by atoms with Crippen molar-refractivity contribution < 1.29 is 4.79 Å². The number of hydrogen-bond donors (Lipinski definition) is 1. The van der Waals surface area contributed by atoms with E-state index in [1.54, 1.807) is 53.4 Å². The summed E-state index contributed by atoms with van der Waals surface area (Å²) in [7, 11) is 0. The van der Waals surface area contributed by atoms with Crippen LogP contribution in [0.1, 0.15) is 0 Å². The first-order chi connectivity index (χ1) is 11.7. The maximum Gasteiger partial charge on any atom is 0.262 e. The molecule has 4 aromatic rings. The van der Waals surface area contributed by atoms with Crippen LogP contribution in [-0.2, 0) is 11.3 Å². The fraction of sp³-hybridized carbons (Fsp3) is 0.0625. The van der Waals surface area contributed by atoms with E-state index in [9.17, 15) is 9.59 Å². The molecule has 0 saturated carbocycles. The summed E-state index contributed by atoms with van der Waals surface area (Å²) in [4.78, 5) is 32.9. The minimum Gasteiger partial charge on any atom is -0.309 e. The molecule has 0 bridgehead atoms. The zero-order valence-corrected chi connectivity index (χ0v) is 12.5. The smallest absolute Gasteiger partial charge is 0.262 e. The number of nitrogens with one attached hydrogen (secondary N) is 1. The molecule has 4 aromatic heterocycles. The number of fused-ring (bicyclic) bond motifs is 3. The second-order valence-electron chi connectivity index (χ2n) is 5.17. The number of nitrogens with zero attached hydrogens (tertiary/aromatic N) is 5. The molecule has 0 aromatic carbocycles. The van der Waals surface area contributed by atoms with Crippen molar-refractivity contribution in [1.82, 2.24) is 24.1 Å². The molecule has 4 rings (SSSR count). The van der Waals surface area contributed by atoms with Gasteiger partial charge in [-0.25, -0.2) is 14.5 Å². The van der Waals surface area contributed by atoms with Gasteiger partial charge in [-0.1, -0.05) is 6.07 Å². The van der Waals surface area contributed by atoms with E-state index in [2.05, 4.69) is 20.4 Å². The Balaban J connectivity index is 1.67. The number of anilines is 1. The highest BCUT2D eigenvalue weighted by molar-refractivity contribution is 5.89. The van der Waals surface area contributed by atoms with Gasteiger partial charge >= 0.3 is 0 Å². The van der Waals surface area contributed by atoms with Crippen LogP contribution in [0.5, 0.6) is 0 Å². The lowest BCUT2D eigenvalue weighted by atomic mass is 10.3. The molecule has 0 atom stereocenters. The van der Waals surface area contributed by atoms with Crippen LogP contribution >= 0.6 is 0 Å². The quantitative estimate of drug-likeness (QED) is 0.609. The van der Waals surface area contributed by atoms with Crippen molar-refractivity contribution >= 4 is 28.3 Å². The van der Waals surface area contributed by atoms with Crippen LogP contribution < -0.4 is 10.9 Å². The Bertz CT molecular complexity index is 1100. The Morgan fingerprint density at radius 1 is 1.12 bits per heavy atom. The van der Waals surface area contributed by atoms with E-state index in [-0.39, 0.29) is 18.0 Å². The molecule has 8 nitrogen and oxygen atoms in total. The third-order valence-electron chi connectivity index (χ3n) is 3.60. The number of rotatable bonds is 3. The van der Waals surface area contributed by atoms with Crippen molar-refractivity contribution in [2.45, 2.75) is 6.54 Å². The van der Waals surface area contributed by atoms with Gasteiger partial charge in [0.05, 0.1) is 17.1 Å². The standard InChI is InChI=1S/C16H12N6O2/c23-15(20-13-3-1-2-6-17-13)10-21-8-5-12-11(16(21)24)9-18-14-4-7-19-22(12)14/h1-9H,10H2,(H,17,20,23). The lowest BCUT2D eigenvalue weighted by Gasteiger charge is -2.08. The highest BCUT2D eigenvalue weighted by Gasteiger charge is 2.10. The largest absolute Gasteiger partial charge is 0.309 e. The van der Waals surface area contributed by atoms with Gasteiger partial charge < -0.3 is 9.88 Å². The third-order valence-corrected chi connectivity index (χ3v) is 3.60. The molecule has 1 amide bonds. The SMILES string of the molecule is O=C(Cn1ccc2c(cnc3ccnn32)c1=O)Nc1ccccn1. The predicted octanol–water partition coefficient (Wildman–Crippen LogP) is 1.08. The minimum absolute atomic E-state index is 0.109. The lowest BCUT2D eigenvalue weighted by Crippen LogP contribution is -2.27. The summed E-state index contributed by atoms with van der Waals surface area (Å²) in [5, 5.41) is 7.20. The van der Waals surface area contributed by atoms with Gasteiger partial charge in [0.15, 0.2) is 5.65 Å². The van der Waals surface area contributed by atoms with Crippen molar-refractivity contribution in [3.63, 3.8) is 0 Å². The summed E-state index contributed by atoms with van der Waals surface area (Å²) in [6.07, 6.45) is 6.28. The molecule has 0 fully saturated rings. The molecular formula is C16H12N6O2. The molecule has 24 heavy (non-hydrogen) atoms. The number of hydrogen-bond acceptors (Lipinski definition) is 5. The Kier molecular flexibility index (Phi) is 3.27. The fourth-order valence-corrected chi connectivity index (χ4v) is 2.50. The molecule has 0 saturated heterocycles. The van der Waals surface area contributed by atoms with Crippen molar-refractivity contribution in [3.05, 3.63) is 65.5 Å². The molecule has 4 heterocycles. The molecule has 118 valence electrons. The fourth-order valence-electron chi connectivity index (χ4n) is 2.50. The summed E-state index contributed by atoms with van der Waals surface area (Å²) < 4.78 is 2.92. The van der Waals surface area contributed by atoms with Crippen LogP contribution in [0, 0.1) is 0 Å². The predicted molar refractivity (Wildman–Crippen MR) is 87.6 cm³/mol. The number of carbonyl (C=O) groups excluding carboxylic acids is 1. The first-order valence-electron chi connectivity index (χ1n) is 7.25. The summed E-state index contributed by atoms with van der Waals surface area (Å²) in [6, 6.07) is 8.70. The van der Waals surface area contributed by atoms with Gasteiger partial charge in [-0.15, -0.1) is 0 Å². The van der Waals surface area contributed by atoms with Crippen LogP contribution in [0.25, 0.3) is 16.6 Å². The van der Waals surface area contributed by atoms with Gasteiger partial charge in [0.2, 0.25) is 5.91 Å². The number of carbonyl (C=O) groups is 1. The van der Waals surface area contributed by atoms with Gasteiger partial charge in [0, 0.05) is 24.7 Å². The number of pyridine rings is 2. The van der Waals surface area contributed by atoms with Gasteiger partial charge in [-0.05, 0) is 18.2 Å². The van der Waals surface area contributed by atoms with Crippen LogP contribution in [0.3, 0.4) is 0 Å². The highest BCUT2D eigenvalue weighted by Crippen LogP contribution is 2.10. The van der Waals surface area contributed by atoms with E-state index in [4.69, 9.17) is 0 Å². The zero-order valence-electron chi connectivity index (χ0n) is 12.5. The molecule has 8 heteroatoms. The summed E-state index contributed by atoms with van der Waals surface area (Å²) in [5.41, 5.74) is 1.01. The summed E-state index contributed by atoms with van der Waals surface area (Å²) in [5.74, 6) is 0.111. The van der Waals surface area contributed by atoms with Gasteiger partial charge in [-0.2, -0.15) is 5.10 Å². The van der Waals surface area contributed by atoms with Gasteiger partial charge in [0.1, 0.15) is 12.4 Å². The maximum atomic E-state index is 12.6. The molecule has 0 radical (unpaired) electrons. The third kappa shape index (κ3) is 2.39. The monoisotopic (exact) mass is 320 g/mol. The molecule has 0 spiro atoms. The summed E-state index contributed by atoms with van der Waals surface area (Å²) in [6.45, 7) is -0.109. The lowest BCUT2D eigenvalue weighted by molar-refractivity contribution is -0.116. The molecule has 1 N–H and O–H groups in total. The van der Waals surface area contributed by atoms with E-state index in [1.807, 2.05) is 0 Å². The first kappa shape index (κ1) is 14.1. The number of aromatic nitrogens is 5. The van der Waals surface area contributed by atoms with Crippen molar-refractivity contribution in [1.29, 1.82) is 0 Å². The molecule has 0 aliphatic carbocycles.